The van der Waals surface area contributed by atoms with Gasteiger partial charge in [0.1, 0.15) is 6.61 Å². The predicted octanol–water partition coefficient (Wildman–Crippen LogP) is 2.21. The predicted molar refractivity (Wildman–Crippen MR) is 58.2 cm³/mol. The Hall–Kier alpha value is -0.860. The molecule has 0 radical (unpaired) electrons. The fraction of sp³-hybridized carbons (Fsp3) is 0.818. The molecule has 2 aliphatic rings. The fourth-order valence-corrected chi connectivity index (χ4v) is 1.89. The molecule has 2 aliphatic heterocycles. The van der Waals surface area contributed by atoms with Crippen LogP contribution in [0.25, 0.3) is 0 Å². The molecule has 0 aliphatic carbocycles. The van der Waals surface area contributed by atoms with Crippen molar-refractivity contribution < 1.29 is 4.74 Å². The zero-order valence-electron chi connectivity index (χ0n) is 8.99. The van der Waals surface area contributed by atoms with Crippen LogP contribution in [0.4, 0.5) is 0 Å². The topological polar surface area (TPSA) is 34.0 Å². The minimum Gasteiger partial charge on any atom is -0.474 e. The normalized spacial score (nSPS) is 31.3. The number of rotatable bonds is 3. The van der Waals surface area contributed by atoms with Crippen LogP contribution in [0.2, 0.25) is 0 Å². The van der Waals surface area contributed by atoms with E-state index in [0.29, 0.717) is 12.1 Å². The van der Waals surface area contributed by atoms with E-state index in [1.165, 1.54) is 6.42 Å². The lowest BCUT2D eigenvalue weighted by Crippen LogP contribution is -2.11. The maximum Gasteiger partial charge on any atom is 0.230 e. The molecule has 78 valence electrons. The molecule has 0 fully saturated rings. The van der Waals surface area contributed by atoms with Gasteiger partial charge in [-0.2, -0.15) is 0 Å². The fourth-order valence-electron chi connectivity index (χ4n) is 1.89. The average Bonchev–Trinajstić information content (AvgIpc) is 2.86. The van der Waals surface area contributed by atoms with E-state index in [-0.39, 0.29) is 0 Å². The lowest BCUT2D eigenvalue weighted by Gasteiger charge is -1.99. The average molecular weight is 194 g/mol. The Balaban J connectivity index is 2.03. The van der Waals surface area contributed by atoms with Crippen LogP contribution in [0, 0.1) is 0 Å². The SMILES string of the molecule is CCC1CCC(C2=N[C@H](CC)CO2)=N1. The molecule has 0 saturated carbocycles. The molecule has 0 aromatic carbocycles. The van der Waals surface area contributed by atoms with Gasteiger partial charge in [0.2, 0.25) is 5.90 Å². The summed E-state index contributed by atoms with van der Waals surface area (Å²) in [6.45, 7) is 5.08. The van der Waals surface area contributed by atoms with Crippen molar-refractivity contribution in [1.29, 1.82) is 0 Å². The van der Waals surface area contributed by atoms with Gasteiger partial charge in [0.25, 0.3) is 0 Å². The van der Waals surface area contributed by atoms with Gasteiger partial charge in [0.15, 0.2) is 0 Å². The van der Waals surface area contributed by atoms with Gasteiger partial charge in [-0.05, 0) is 25.7 Å². The van der Waals surface area contributed by atoms with E-state index < -0.39 is 0 Å². The third-order valence-corrected chi connectivity index (χ3v) is 2.95. The standard InChI is InChI=1S/C11H18N2O/c1-3-8-5-6-10(12-8)11-13-9(4-2)7-14-11/h8-9H,3-7H2,1-2H3/t8?,9-/m1/s1. The summed E-state index contributed by atoms with van der Waals surface area (Å²) in [5.74, 6) is 0.827. The zero-order valence-corrected chi connectivity index (χ0v) is 8.99. The van der Waals surface area contributed by atoms with Gasteiger partial charge in [-0.15, -0.1) is 0 Å². The summed E-state index contributed by atoms with van der Waals surface area (Å²) in [5.41, 5.74) is 1.10. The van der Waals surface area contributed by atoms with Crippen molar-refractivity contribution in [3.63, 3.8) is 0 Å². The second-order valence-corrected chi connectivity index (χ2v) is 3.98. The highest BCUT2D eigenvalue weighted by Crippen LogP contribution is 2.19. The Kier molecular flexibility index (Phi) is 2.85. The van der Waals surface area contributed by atoms with E-state index in [0.717, 1.165) is 37.5 Å². The summed E-state index contributed by atoms with van der Waals surface area (Å²) in [6, 6.07) is 0.880. The number of hydrogen-bond acceptors (Lipinski definition) is 3. The molecule has 14 heavy (non-hydrogen) atoms. The summed E-state index contributed by atoms with van der Waals surface area (Å²) in [7, 11) is 0. The molecule has 1 unspecified atom stereocenters. The van der Waals surface area contributed by atoms with Crippen molar-refractivity contribution in [3.8, 4) is 0 Å². The summed E-state index contributed by atoms with van der Waals surface area (Å²) in [5, 5.41) is 0. The lowest BCUT2D eigenvalue weighted by molar-refractivity contribution is 0.318. The van der Waals surface area contributed by atoms with Crippen LogP contribution in [-0.4, -0.2) is 30.3 Å². The first-order valence-corrected chi connectivity index (χ1v) is 5.61. The maximum absolute atomic E-state index is 5.55. The Morgan fingerprint density at radius 2 is 2.00 bits per heavy atom. The summed E-state index contributed by atoms with van der Waals surface area (Å²) < 4.78 is 5.55. The van der Waals surface area contributed by atoms with Crippen molar-refractivity contribution in [3.05, 3.63) is 0 Å². The number of ether oxygens (including phenoxy) is 1. The molecule has 0 aromatic heterocycles. The Morgan fingerprint density at radius 1 is 1.21 bits per heavy atom. The number of aliphatic imine (C=N–C) groups is 2. The van der Waals surface area contributed by atoms with Crippen molar-refractivity contribution in [2.24, 2.45) is 9.98 Å². The minimum absolute atomic E-state index is 0.369. The number of nitrogens with zero attached hydrogens (tertiary/aromatic N) is 2. The molecule has 3 nitrogen and oxygen atoms in total. The summed E-state index contributed by atoms with van der Waals surface area (Å²) >= 11 is 0. The highest BCUT2D eigenvalue weighted by atomic mass is 16.5. The summed E-state index contributed by atoms with van der Waals surface area (Å²) in [4.78, 5) is 9.14. The smallest absolute Gasteiger partial charge is 0.230 e. The molecule has 2 heterocycles. The molecule has 0 bridgehead atoms. The van der Waals surface area contributed by atoms with Crippen molar-refractivity contribution >= 4 is 11.6 Å². The molecular formula is C11H18N2O. The molecule has 3 heteroatoms. The van der Waals surface area contributed by atoms with Gasteiger partial charge < -0.3 is 4.74 Å². The first-order chi connectivity index (χ1) is 6.83. The van der Waals surface area contributed by atoms with Crippen LogP contribution < -0.4 is 0 Å². The van der Waals surface area contributed by atoms with Crippen molar-refractivity contribution in [1.82, 2.24) is 0 Å². The van der Waals surface area contributed by atoms with Gasteiger partial charge in [0, 0.05) is 0 Å². The van der Waals surface area contributed by atoms with Crippen molar-refractivity contribution in [2.45, 2.75) is 51.6 Å². The lowest BCUT2D eigenvalue weighted by atomic mass is 10.1. The van der Waals surface area contributed by atoms with Crippen molar-refractivity contribution in [2.75, 3.05) is 6.61 Å². The van der Waals surface area contributed by atoms with Crippen LogP contribution >= 0.6 is 0 Å². The van der Waals surface area contributed by atoms with E-state index in [1.54, 1.807) is 0 Å². The van der Waals surface area contributed by atoms with Gasteiger partial charge in [0.05, 0.1) is 17.8 Å². The van der Waals surface area contributed by atoms with Gasteiger partial charge in [-0.1, -0.05) is 13.8 Å². The molecule has 0 saturated heterocycles. The van der Waals surface area contributed by atoms with Gasteiger partial charge >= 0.3 is 0 Å². The Labute approximate surface area is 85.3 Å². The van der Waals surface area contributed by atoms with E-state index >= 15 is 0 Å². The third-order valence-electron chi connectivity index (χ3n) is 2.95. The molecular weight excluding hydrogens is 176 g/mol. The monoisotopic (exact) mass is 194 g/mol. The van der Waals surface area contributed by atoms with Crippen LogP contribution in [0.3, 0.4) is 0 Å². The molecule has 2 rings (SSSR count). The van der Waals surface area contributed by atoms with Gasteiger partial charge in [-0.3, -0.25) is 4.99 Å². The maximum atomic E-state index is 5.55. The minimum atomic E-state index is 0.369. The molecule has 0 N–H and O–H groups in total. The quantitative estimate of drug-likeness (QED) is 0.678. The third kappa shape index (κ3) is 1.81. The summed E-state index contributed by atoms with van der Waals surface area (Å²) in [6.07, 6.45) is 4.42. The van der Waals surface area contributed by atoms with Crippen LogP contribution in [0.5, 0.6) is 0 Å². The van der Waals surface area contributed by atoms with E-state index in [4.69, 9.17) is 4.74 Å². The van der Waals surface area contributed by atoms with E-state index in [2.05, 4.69) is 23.8 Å². The molecule has 0 spiro atoms. The first-order valence-electron chi connectivity index (χ1n) is 5.61. The highest BCUT2D eigenvalue weighted by molar-refractivity contribution is 6.39. The van der Waals surface area contributed by atoms with Crippen LogP contribution in [0.1, 0.15) is 39.5 Å². The Bertz CT molecular complexity index is 242. The van der Waals surface area contributed by atoms with E-state index in [9.17, 15) is 0 Å². The molecule has 0 amide bonds. The van der Waals surface area contributed by atoms with Crippen LogP contribution in [0.15, 0.2) is 9.98 Å². The van der Waals surface area contributed by atoms with E-state index in [1.807, 2.05) is 0 Å². The van der Waals surface area contributed by atoms with Crippen LogP contribution in [-0.2, 0) is 4.74 Å². The largest absolute Gasteiger partial charge is 0.474 e. The zero-order chi connectivity index (χ0) is 9.97. The molecule has 0 aromatic rings. The molecule has 2 atom stereocenters. The highest BCUT2D eigenvalue weighted by Gasteiger charge is 2.25. The van der Waals surface area contributed by atoms with Gasteiger partial charge in [-0.25, -0.2) is 4.99 Å². The first kappa shape index (κ1) is 9.69. The second kappa shape index (κ2) is 4.11. The Morgan fingerprint density at radius 3 is 2.57 bits per heavy atom. The number of hydrogen-bond donors (Lipinski definition) is 0. The second-order valence-electron chi connectivity index (χ2n) is 3.98.